The average molecular weight is 537 g/mol. The van der Waals surface area contributed by atoms with Crippen LogP contribution in [-0.2, 0) is 4.79 Å². The Kier molecular flexibility index (Phi) is 6.67. The van der Waals surface area contributed by atoms with Gasteiger partial charge in [-0.05, 0) is 74.4 Å². The van der Waals surface area contributed by atoms with Gasteiger partial charge in [-0.25, -0.2) is 4.79 Å². The summed E-state index contributed by atoms with van der Waals surface area (Å²) in [4.78, 5) is 31.3. The summed E-state index contributed by atoms with van der Waals surface area (Å²) in [5.41, 5.74) is 5.19. The number of aryl methyl sites for hydroxylation is 1. The summed E-state index contributed by atoms with van der Waals surface area (Å²) >= 11 is 0. The zero-order valence-corrected chi connectivity index (χ0v) is 22.8. The molecule has 4 aromatic rings. The van der Waals surface area contributed by atoms with Gasteiger partial charge in [0.05, 0.1) is 31.3 Å². The molecule has 0 bridgehead atoms. The van der Waals surface area contributed by atoms with E-state index < -0.39 is 6.04 Å². The summed E-state index contributed by atoms with van der Waals surface area (Å²) in [6.07, 6.45) is 3.75. The van der Waals surface area contributed by atoms with Gasteiger partial charge in [-0.1, -0.05) is 29.8 Å². The molecule has 0 radical (unpaired) electrons. The zero-order chi connectivity index (χ0) is 27.8. The predicted octanol–water partition coefficient (Wildman–Crippen LogP) is 5.94. The molecule has 204 valence electrons. The molecule has 8 nitrogen and oxygen atoms in total. The van der Waals surface area contributed by atoms with Crippen molar-refractivity contribution in [1.29, 1.82) is 0 Å². The van der Waals surface area contributed by atoms with Gasteiger partial charge in [0.1, 0.15) is 24.1 Å². The van der Waals surface area contributed by atoms with Gasteiger partial charge >= 0.3 is 6.03 Å². The van der Waals surface area contributed by atoms with Gasteiger partial charge in [0, 0.05) is 23.5 Å². The molecule has 1 aliphatic carbocycles. The van der Waals surface area contributed by atoms with Gasteiger partial charge in [0.2, 0.25) is 5.91 Å². The van der Waals surface area contributed by atoms with Crippen molar-refractivity contribution in [1.82, 2.24) is 9.47 Å². The number of ether oxygens (including phenoxy) is 2. The van der Waals surface area contributed by atoms with Crippen molar-refractivity contribution >= 4 is 23.3 Å². The molecule has 1 unspecified atom stereocenters. The highest BCUT2D eigenvalue weighted by Crippen LogP contribution is 2.45. The predicted molar refractivity (Wildman–Crippen MR) is 155 cm³/mol. The molecule has 2 heterocycles. The number of nitrogens with one attached hydrogen (secondary N) is 1. The SMILES string of the molecule is COc1ccc(OC)c(C2c3cccn3-c3ccccc3N2C(=O)CN(C(=O)Nc2ccc(C)cc2)C2CC2)c1. The van der Waals surface area contributed by atoms with E-state index in [0.717, 1.165) is 41.0 Å². The van der Waals surface area contributed by atoms with E-state index in [1.807, 2.05) is 92.0 Å². The highest BCUT2D eigenvalue weighted by Gasteiger charge is 2.41. The molecule has 1 aliphatic heterocycles. The highest BCUT2D eigenvalue weighted by atomic mass is 16.5. The molecule has 1 aromatic heterocycles. The second-order valence-electron chi connectivity index (χ2n) is 10.2. The Morgan fingerprint density at radius 1 is 0.925 bits per heavy atom. The zero-order valence-electron chi connectivity index (χ0n) is 22.8. The number of anilines is 2. The number of para-hydroxylation sites is 2. The fraction of sp³-hybridized carbons (Fsp3) is 0.250. The second kappa shape index (κ2) is 10.4. The van der Waals surface area contributed by atoms with Crippen LogP contribution in [0.2, 0.25) is 0 Å². The molecule has 1 saturated carbocycles. The van der Waals surface area contributed by atoms with E-state index in [4.69, 9.17) is 9.47 Å². The Hall–Kier alpha value is -4.72. The Labute approximate surface area is 233 Å². The molecule has 6 rings (SSSR count). The average Bonchev–Trinajstić information content (AvgIpc) is 3.70. The number of aromatic nitrogens is 1. The smallest absolute Gasteiger partial charge is 0.322 e. The topological polar surface area (TPSA) is 76.0 Å². The van der Waals surface area contributed by atoms with Gasteiger partial charge in [-0.15, -0.1) is 0 Å². The minimum Gasteiger partial charge on any atom is -0.497 e. The van der Waals surface area contributed by atoms with Crippen LogP contribution in [0.3, 0.4) is 0 Å². The van der Waals surface area contributed by atoms with Crippen molar-refractivity contribution in [3.8, 4) is 17.2 Å². The standard InChI is InChI=1S/C32H32N4O4/c1-21-10-12-22(13-11-21)33-32(38)35(23-14-15-23)20-30(37)36-27-8-5-4-7-26(27)34-18-6-9-28(34)31(36)25-19-24(39-2)16-17-29(25)40-3/h4-13,16-19,23,31H,14-15,20H2,1-3H3,(H,33,38). The molecule has 8 heteroatoms. The molecule has 0 saturated heterocycles. The van der Waals surface area contributed by atoms with Crippen molar-refractivity contribution in [2.75, 3.05) is 31.0 Å². The number of amides is 3. The Morgan fingerprint density at radius 2 is 1.68 bits per heavy atom. The number of rotatable bonds is 7. The number of hydrogen-bond donors (Lipinski definition) is 1. The van der Waals surface area contributed by atoms with E-state index in [9.17, 15) is 9.59 Å². The van der Waals surface area contributed by atoms with Crippen LogP contribution in [0, 0.1) is 6.92 Å². The maximum atomic E-state index is 14.4. The van der Waals surface area contributed by atoms with Crippen LogP contribution in [0.1, 0.15) is 35.7 Å². The van der Waals surface area contributed by atoms with Crippen molar-refractivity contribution in [2.24, 2.45) is 0 Å². The van der Waals surface area contributed by atoms with E-state index in [1.54, 1.807) is 24.0 Å². The summed E-state index contributed by atoms with van der Waals surface area (Å²) < 4.78 is 13.4. The lowest BCUT2D eigenvalue weighted by atomic mass is 9.96. The summed E-state index contributed by atoms with van der Waals surface area (Å²) in [6.45, 7) is 1.95. The van der Waals surface area contributed by atoms with Crippen LogP contribution in [0.5, 0.6) is 11.5 Å². The maximum absolute atomic E-state index is 14.4. The first-order chi connectivity index (χ1) is 19.5. The van der Waals surface area contributed by atoms with E-state index >= 15 is 0 Å². The number of carbonyl (C=O) groups excluding carboxylic acids is 2. The summed E-state index contributed by atoms with van der Waals surface area (Å²) in [6, 6.07) is 24.4. The first-order valence-corrected chi connectivity index (χ1v) is 13.4. The lowest BCUT2D eigenvalue weighted by Gasteiger charge is -2.40. The summed E-state index contributed by atoms with van der Waals surface area (Å²) in [5, 5.41) is 2.98. The molecule has 3 amide bonds. The number of hydrogen-bond acceptors (Lipinski definition) is 4. The monoisotopic (exact) mass is 536 g/mol. The van der Waals surface area contributed by atoms with Gasteiger partial charge in [0.15, 0.2) is 0 Å². The third-order valence-electron chi connectivity index (χ3n) is 7.58. The third kappa shape index (κ3) is 4.66. The van der Waals surface area contributed by atoms with E-state index in [2.05, 4.69) is 9.88 Å². The number of nitrogens with zero attached hydrogens (tertiary/aromatic N) is 3. The van der Waals surface area contributed by atoms with Crippen LogP contribution in [0.25, 0.3) is 5.69 Å². The molecule has 0 spiro atoms. The number of benzene rings is 3. The molecule has 40 heavy (non-hydrogen) atoms. The molecule has 2 aliphatic rings. The summed E-state index contributed by atoms with van der Waals surface area (Å²) in [5.74, 6) is 1.13. The molecule has 1 fully saturated rings. The van der Waals surface area contributed by atoms with Crippen LogP contribution in [-0.4, -0.2) is 48.2 Å². The number of fused-ring (bicyclic) bond motifs is 3. The van der Waals surface area contributed by atoms with Gasteiger partial charge in [0.25, 0.3) is 0 Å². The number of carbonyl (C=O) groups is 2. The Morgan fingerprint density at radius 3 is 2.38 bits per heavy atom. The fourth-order valence-corrected chi connectivity index (χ4v) is 5.42. The quantitative estimate of drug-likeness (QED) is 0.317. The number of urea groups is 1. The van der Waals surface area contributed by atoms with Crippen LogP contribution >= 0.6 is 0 Å². The van der Waals surface area contributed by atoms with E-state index in [-0.39, 0.29) is 24.5 Å². The minimum absolute atomic E-state index is 0.0306. The summed E-state index contributed by atoms with van der Waals surface area (Å²) in [7, 11) is 3.24. The van der Waals surface area contributed by atoms with E-state index in [1.165, 1.54) is 0 Å². The first kappa shape index (κ1) is 25.6. The Balaban J connectivity index is 1.40. The maximum Gasteiger partial charge on any atom is 0.322 e. The lowest BCUT2D eigenvalue weighted by Crippen LogP contribution is -2.48. The normalized spacial score (nSPS) is 15.6. The molecular formula is C32H32N4O4. The third-order valence-corrected chi connectivity index (χ3v) is 7.58. The fourth-order valence-electron chi connectivity index (χ4n) is 5.42. The largest absolute Gasteiger partial charge is 0.497 e. The number of methoxy groups -OCH3 is 2. The second-order valence-corrected chi connectivity index (χ2v) is 10.2. The minimum atomic E-state index is -0.497. The Bertz CT molecular complexity index is 1560. The van der Waals surface area contributed by atoms with Crippen molar-refractivity contribution in [3.63, 3.8) is 0 Å². The molecule has 1 N–H and O–H groups in total. The van der Waals surface area contributed by atoms with Gasteiger partial charge < -0.3 is 24.3 Å². The van der Waals surface area contributed by atoms with Crippen molar-refractivity contribution in [2.45, 2.75) is 31.8 Å². The van der Waals surface area contributed by atoms with Gasteiger partial charge in [-0.2, -0.15) is 0 Å². The van der Waals surface area contributed by atoms with Crippen molar-refractivity contribution in [3.05, 3.63) is 102 Å². The highest BCUT2D eigenvalue weighted by molar-refractivity contribution is 6.01. The van der Waals surface area contributed by atoms with Crippen LogP contribution in [0.15, 0.2) is 85.1 Å². The molecule has 1 atom stereocenters. The molecule has 3 aromatic carbocycles. The molecular weight excluding hydrogens is 504 g/mol. The van der Waals surface area contributed by atoms with Gasteiger partial charge in [-0.3, -0.25) is 9.69 Å². The van der Waals surface area contributed by atoms with E-state index in [0.29, 0.717) is 17.2 Å². The van der Waals surface area contributed by atoms with Crippen LogP contribution in [0.4, 0.5) is 16.2 Å². The van der Waals surface area contributed by atoms with Crippen molar-refractivity contribution < 1.29 is 19.1 Å². The first-order valence-electron chi connectivity index (χ1n) is 13.4. The lowest BCUT2D eigenvalue weighted by molar-refractivity contribution is -0.119. The van der Waals surface area contributed by atoms with Crippen LogP contribution < -0.4 is 19.7 Å².